The van der Waals surface area contributed by atoms with Gasteiger partial charge in [-0.25, -0.2) is 0 Å². The molecule has 0 aliphatic heterocycles. The highest BCUT2D eigenvalue weighted by Gasteiger charge is 2.02. The number of halogens is 1. The molecule has 0 aliphatic carbocycles. The Kier molecular flexibility index (Phi) is 2.02. The molecule has 2 rings (SSSR count). The molecule has 0 spiro atoms. The van der Waals surface area contributed by atoms with Crippen molar-refractivity contribution >= 4 is 33.5 Å². The molecule has 0 fully saturated rings. The van der Waals surface area contributed by atoms with Crippen molar-refractivity contribution in [2.75, 3.05) is 0 Å². The van der Waals surface area contributed by atoms with Crippen LogP contribution in [0.1, 0.15) is 5.69 Å². The van der Waals surface area contributed by atoms with Crippen molar-refractivity contribution in [3.63, 3.8) is 0 Å². The van der Waals surface area contributed by atoms with E-state index in [1.807, 2.05) is 18.2 Å². The number of nitrogens with one attached hydrogen (secondary N) is 1. The fourth-order valence-electron chi connectivity index (χ4n) is 1.16. The molecule has 1 aromatic heterocycles. The third-order valence-electron chi connectivity index (χ3n) is 1.75. The molecule has 0 radical (unpaired) electrons. The van der Waals surface area contributed by atoms with Crippen LogP contribution in [0.4, 0.5) is 0 Å². The smallest absolute Gasteiger partial charge is 0.0935 e. The number of aliphatic hydroxyl groups is 1. The number of nitrogens with zero attached hydrogens (tertiary/aromatic N) is 1. The molecule has 0 amide bonds. The summed E-state index contributed by atoms with van der Waals surface area (Å²) in [5, 5.41) is 16.8. The van der Waals surface area contributed by atoms with Crippen LogP contribution in [0.25, 0.3) is 10.9 Å². The van der Waals surface area contributed by atoms with Gasteiger partial charge >= 0.3 is 0 Å². The van der Waals surface area contributed by atoms with Gasteiger partial charge in [0, 0.05) is 8.96 Å². The Morgan fingerprint density at radius 3 is 3.08 bits per heavy atom. The van der Waals surface area contributed by atoms with E-state index in [-0.39, 0.29) is 6.61 Å². The Labute approximate surface area is 82.9 Å². The lowest BCUT2D eigenvalue weighted by molar-refractivity contribution is 0.278. The molecule has 2 aromatic rings. The first-order chi connectivity index (χ1) is 5.81. The lowest BCUT2D eigenvalue weighted by Gasteiger charge is -1.91. The first kappa shape index (κ1) is 8.00. The molecule has 2 N–H and O–H groups in total. The topological polar surface area (TPSA) is 48.9 Å². The van der Waals surface area contributed by atoms with Crippen LogP contribution in [0, 0.1) is 3.57 Å². The molecule has 1 heterocycles. The molecule has 0 atom stereocenters. The first-order valence-electron chi connectivity index (χ1n) is 3.54. The second-order valence-corrected chi connectivity index (χ2v) is 3.77. The maximum absolute atomic E-state index is 8.92. The number of rotatable bonds is 1. The minimum absolute atomic E-state index is 0.0110. The zero-order chi connectivity index (χ0) is 8.55. The molecule has 3 nitrogen and oxygen atoms in total. The maximum Gasteiger partial charge on any atom is 0.0935 e. The summed E-state index contributed by atoms with van der Waals surface area (Å²) >= 11 is 2.23. The summed E-state index contributed by atoms with van der Waals surface area (Å²) in [6, 6.07) is 5.94. The Hall–Kier alpha value is -0.620. The number of H-pyrrole nitrogens is 1. The van der Waals surface area contributed by atoms with Gasteiger partial charge in [-0.05, 0) is 40.8 Å². The zero-order valence-corrected chi connectivity index (χ0v) is 8.37. The van der Waals surface area contributed by atoms with E-state index in [2.05, 4.69) is 32.8 Å². The van der Waals surface area contributed by atoms with Crippen LogP contribution in [-0.4, -0.2) is 15.3 Å². The van der Waals surface area contributed by atoms with Gasteiger partial charge in [-0.2, -0.15) is 5.10 Å². The van der Waals surface area contributed by atoms with E-state index >= 15 is 0 Å². The summed E-state index contributed by atoms with van der Waals surface area (Å²) in [4.78, 5) is 0. The van der Waals surface area contributed by atoms with Crippen LogP contribution in [0.5, 0.6) is 0 Å². The van der Waals surface area contributed by atoms with Crippen molar-refractivity contribution in [2.45, 2.75) is 6.61 Å². The predicted octanol–water partition coefficient (Wildman–Crippen LogP) is 1.66. The van der Waals surface area contributed by atoms with E-state index in [0.717, 1.165) is 20.2 Å². The van der Waals surface area contributed by atoms with Gasteiger partial charge in [0.25, 0.3) is 0 Å². The Bertz CT molecular complexity index is 410. The second kappa shape index (κ2) is 3.02. The van der Waals surface area contributed by atoms with Gasteiger partial charge in [-0.15, -0.1) is 0 Å². The van der Waals surface area contributed by atoms with Gasteiger partial charge in [0.05, 0.1) is 17.8 Å². The van der Waals surface area contributed by atoms with Crippen LogP contribution >= 0.6 is 22.6 Å². The molecule has 12 heavy (non-hydrogen) atoms. The van der Waals surface area contributed by atoms with Crippen molar-refractivity contribution in [2.24, 2.45) is 0 Å². The maximum atomic E-state index is 8.92. The summed E-state index contributed by atoms with van der Waals surface area (Å²) in [5.41, 5.74) is 1.69. The van der Waals surface area contributed by atoms with Crippen molar-refractivity contribution in [3.05, 3.63) is 27.5 Å². The standard InChI is InChI=1S/C8H7IN2O/c9-5-1-2-6-7(3-5)10-11-8(6)4-12/h1-3,12H,4H2,(H,10,11). The van der Waals surface area contributed by atoms with Crippen LogP contribution in [0.15, 0.2) is 18.2 Å². The number of aliphatic hydroxyl groups excluding tert-OH is 1. The molecule has 0 saturated carbocycles. The highest BCUT2D eigenvalue weighted by atomic mass is 127. The van der Waals surface area contributed by atoms with Gasteiger partial charge in [0.1, 0.15) is 0 Å². The van der Waals surface area contributed by atoms with Crippen LogP contribution in [0.2, 0.25) is 0 Å². The summed E-state index contributed by atoms with van der Waals surface area (Å²) in [7, 11) is 0. The van der Waals surface area contributed by atoms with E-state index in [1.165, 1.54) is 0 Å². The van der Waals surface area contributed by atoms with Crippen LogP contribution in [-0.2, 0) is 6.61 Å². The van der Waals surface area contributed by atoms with E-state index in [4.69, 9.17) is 5.11 Å². The third kappa shape index (κ3) is 1.21. The molecule has 0 saturated heterocycles. The lowest BCUT2D eigenvalue weighted by atomic mass is 10.2. The monoisotopic (exact) mass is 274 g/mol. The van der Waals surface area contributed by atoms with E-state index < -0.39 is 0 Å². The van der Waals surface area contributed by atoms with Crippen LogP contribution in [0.3, 0.4) is 0 Å². The van der Waals surface area contributed by atoms with Gasteiger partial charge in [0.15, 0.2) is 0 Å². The summed E-state index contributed by atoms with van der Waals surface area (Å²) < 4.78 is 1.15. The number of fused-ring (bicyclic) bond motifs is 1. The number of hydrogen-bond donors (Lipinski definition) is 2. The quantitative estimate of drug-likeness (QED) is 0.777. The predicted molar refractivity (Wildman–Crippen MR) is 54.7 cm³/mol. The fourth-order valence-corrected chi connectivity index (χ4v) is 1.64. The largest absolute Gasteiger partial charge is 0.390 e. The minimum atomic E-state index is 0.0110. The van der Waals surface area contributed by atoms with Gasteiger partial charge in [-0.3, -0.25) is 5.10 Å². The number of aromatic nitrogens is 2. The van der Waals surface area contributed by atoms with Crippen molar-refractivity contribution in [1.29, 1.82) is 0 Å². The SMILES string of the molecule is OCc1[nH]nc2cc(I)ccc12. The number of aromatic amines is 1. The van der Waals surface area contributed by atoms with E-state index in [9.17, 15) is 0 Å². The minimum Gasteiger partial charge on any atom is -0.390 e. The third-order valence-corrected chi connectivity index (χ3v) is 2.43. The average Bonchev–Trinajstić information content (AvgIpc) is 2.46. The highest BCUT2D eigenvalue weighted by molar-refractivity contribution is 14.1. The zero-order valence-electron chi connectivity index (χ0n) is 6.21. The Balaban J connectivity index is 2.73. The first-order valence-corrected chi connectivity index (χ1v) is 4.62. The number of hydrogen-bond acceptors (Lipinski definition) is 2. The van der Waals surface area contributed by atoms with Crippen LogP contribution < -0.4 is 0 Å². The molecule has 62 valence electrons. The fraction of sp³-hybridized carbons (Fsp3) is 0.125. The van der Waals surface area contributed by atoms with Crippen molar-refractivity contribution < 1.29 is 5.11 Å². The van der Waals surface area contributed by atoms with Crippen molar-refractivity contribution in [1.82, 2.24) is 10.2 Å². The summed E-state index contributed by atoms with van der Waals surface area (Å²) in [6.07, 6.45) is 0. The van der Waals surface area contributed by atoms with Crippen molar-refractivity contribution in [3.8, 4) is 0 Å². The molecule has 0 aliphatic rings. The summed E-state index contributed by atoms with van der Waals surface area (Å²) in [6.45, 7) is 0.0110. The molecule has 0 unspecified atom stereocenters. The van der Waals surface area contributed by atoms with E-state index in [0.29, 0.717) is 0 Å². The molecular weight excluding hydrogens is 267 g/mol. The van der Waals surface area contributed by atoms with E-state index in [1.54, 1.807) is 0 Å². The average molecular weight is 274 g/mol. The van der Waals surface area contributed by atoms with Gasteiger partial charge in [0.2, 0.25) is 0 Å². The summed E-state index contributed by atoms with van der Waals surface area (Å²) in [5.74, 6) is 0. The second-order valence-electron chi connectivity index (χ2n) is 2.52. The van der Waals surface area contributed by atoms with Gasteiger partial charge in [-0.1, -0.05) is 0 Å². The lowest BCUT2D eigenvalue weighted by Crippen LogP contribution is -1.82. The molecule has 0 bridgehead atoms. The Morgan fingerprint density at radius 2 is 2.33 bits per heavy atom. The van der Waals surface area contributed by atoms with Gasteiger partial charge < -0.3 is 5.11 Å². The highest BCUT2D eigenvalue weighted by Crippen LogP contribution is 2.18. The normalized spacial score (nSPS) is 10.8. The molecule has 4 heteroatoms. The Morgan fingerprint density at radius 1 is 1.50 bits per heavy atom. The number of benzene rings is 1. The molecule has 1 aromatic carbocycles. The molecular formula is C8H7IN2O.